The van der Waals surface area contributed by atoms with Crippen molar-refractivity contribution in [2.24, 2.45) is 0 Å². The maximum Gasteiger partial charge on any atom is 0.318 e. The molecule has 0 saturated carbocycles. The molecule has 0 spiro atoms. The second kappa shape index (κ2) is 8.52. The van der Waals surface area contributed by atoms with Gasteiger partial charge in [-0.3, -0.25) is 4.79 Å². The molecule has 1 atom stereocenters. The fraction of sp³-hybridized carbons (Fsp3) is 0.227. The van der Waals surface area contributed by atoms with Crippen LogP contribution in [0.5, 0.6) is 0 Å². The van der Waals surface area contributed by atoms with E-state index >= 15 is 0 Å². The van der Waals surface area contributed by atoms with Crippen LogP contribution < -0.4 is 10.2 Å². The number of carbonyl (C=O) groups excluding carboxylic acids is 1. The van der Waals surface area contributed by atoms with Crippen molar-refractivity contribution in [1.82, 2.24) is 15.5 Å². The van der Waals surface area contributed by atoms with Crippen molar-refractivity contribution in [3.8, 4) is 0 Å². The van der Waals surface area contributed by atoms with Gasteiger partial charge >= 0.3 is 6.01 Å². The highest BCUT2D eigenvalue weighted by molar-refractivity contribution is 5.92. The van der Waals surface area contributed by atoms with Crippen LogP contribution in [0.1, 0.15) is 35.9 Å². The molecule has 1 aliphatic heterocycles. The Morgan fingerprint density at radius 2 is 1.68 bits per heavy atom. The van der Waals surface area contributed by atoms with Crippen molar-refractivity contribution in [2.75, 3.05) is 18.0 Å². The molecule has 1 fully saturated rings. The quantitative estimate of drug-likeness (QED) is 0.668. The third-order valence-corrected chi connectivity index (χ3v) is 4.70. The van der Waals surface area contributed by atoms with Crippen LogP contribution >= 0.6 is 0 Å². The smallest absolute Gasteiger partial charge is 0.318 e. The molecule has 0 radical (unpaired) electrons. The highest BCUT2D eigenvalue weighted by atomic mass is 16.4. The lowest BCUT2D eigenvalue weighted by Gasteiger charge is -2.15. The van der Waals surface area contributed by atoms with Gasteiger partial charge in [0, 0.05) is 19.2 Å². The number of aromatic nitrogens is 2. The van der Waals surface area contributed by atoms with Crippen LogP contribution in [0.2, 0.25) is 0 Å². The van der Waals surface area contributed by atoms with E-state index in [-0.39, 0.29) is 5.91 Å². The summed E-state index contributed by atoms with van der Waals surface area (Å²) in [5, 5.41) is 11.4. The lowest BCUT2D eigenvalue weighted by Crippen LogP contribution is -2.28. The molecule has 1 amide bonds. The van der Waals surface area contributed by atoms with Crippen molar-refractivity contribution in [2.45, 2.75) is 18.9 Å². The second-order valence-electron chi connectivity index (χ2n) is 6.71. The van der Waals surface area contributed by atoms with Gasteiger partial charge in [0.15, 0.2) is 0 Å². The summed E-state index contributed by atoms with van der Waals surface area (Å²) in [6, 6.07) is 19.4. The predicted molar refractivity (Wildman–Crippen MR) is 108 cm³/mol. The van der Waals surface area contributed by atoms with Crippen LogP contribution in [0.4, 0.5) is 6.01 Å². The summed E-state index contributed by atoms with van der Waals surface area (Å²) < 4.78 is 5.91. The number of nitrogens with zero attached hydrogens (tertiary/aromatic N) is 3. The van der Waals surface area contributed by atoms with Crippen LogP contribution in [-0.4, -0.2) is 29.2 Å². The zero-order chi connectivity index (χ0) is 19.2. The molecular weight excluding hydrogens is 352 g/mol. The average molecular weight is 374 g/mol. The minimum absolute atomic E-state index is 0.223. The van der Waals surface area contributed by atoms with Crippen molar-refractivity contribution in [1.29, 1.82) is 0 Å². The Morgan fingerprint density at radius 1 is 1.00 bits per heavy atom. The van der Waals surface area contributed by atoms with E-state index in [9.17, 15) is 4.79 Å². The molecule has 0 aliphatic carbocycles. The highest BCUT2D eigenvalue weighted by Gasteiger charge is 2.25. The summed E-state index contributed by atoms with van der Waals surface area (Å²) >= 11 is 0. The maximum absolute atomic E-state index is 12.5. The lowest BCUT2D eigenvalue weighted by molar-refractivity contribution is -0.117. The van der Waals surface area contributed by atoms with E-state index in [4.69, 9.17) is 4.42 Å². The first-order chi connectivity index (χ1) is 13.8. The summed E-state index contributed by atoms with van der Waals surface area (Å²) in [5.41, 5.74) is 1.85. The Hall–Kier alpha value is -3.41. The van der Waals surface area contributed by atoms with E-state index in [1.54, 1.807) is 6.08 Å². The number of benzene rings is 2. The van der Waals surface area contributed by atoms with E-state index in [2.05, 4.69) is 20.4 Å². The Balaban J connectivity index is 1.54. The number of hydrogen-bond acceptors (Lipinski definition) is 5. The molecule has 3 aromatic rings. The number of hydrogen-bond donors (Lipinski definition) is 1. The first-order valence-electron chi connectivity index (χ1n) is 9.46. The van der Waals surface area contributed by atoms with Gasteiger partial charge in [-0.1, -0.05) is 65.8 Å². The van der Waals surface area contributed by atoms with Gasteiger partial charge in [0.05, 0.1) is 0 Å². The number of nitrogens with one attached hydrogen (secondary N) is 1. The molecule has 1 aliphatic rings. The van der Waals surface area contributed by atoms with Gasteiger partial charge in [0.1, 0.15) is 6.04 Å². The van der Waals surface area contributed by atoms with Crippen molar-refractivity contribution in [3.05, 3.63) is 83.8 Å². The SMILES string of the molecule is O=C(/C=C/c1ccccc1)NC(c1ccccc1)c1nnc(N2CCCC2)o1. The number of carbonyl (C=O) groups is 1. The molecule has 1 N–H and O–H groups in total. The Bertz CT molecular complexity index is 931. The number of anilines is 1. The zero-order valence-corrected chi connectivity index (χ0v) is 15.5. The molecule has 1 saturated heterocycles. The molecule has 0 bridgehead atoms. The monoisotopic (exact) mass is 374 g/mol. The van der Waals surface area contributed by atoms with Gasteiger partial charge in [-0.2, -0.15) is 0 Å². The molecule has 6 nitrogen and oxygen atoms in total. The van der Waals surface area contributed by atoms with E-state index in [1.165, 1.54) is 6.08 Å². The summed E-state index contributed by atoms with van der Waals surface area (Å²) in [6.07, 6.45) is 5.55. The maximum atomic E-state index is 12.5. The standard InChI is InChI=1S/C22H22N4O2/c27-19(14-13-17-9-3-1-4-10-17)23-20(18-11-5-2-6-12-18)21-24-25-22(28-21)26-15-7-8-16-26/h1-6,9-14,20H,7-8,15-16H2,(H,23,27)/b14-13+. The van der Waals surface area contributed by atoms with Crippen LogP contribution in [0.25, 0.3) is 6.08 Å². The van der Waals surface area contributed by atoms with Crippen LogP contribution in [0, 0.1) is 0 Å². The lowest BCUT2D eigenvalue weighted by atomic mass is 10.1. The molecule has 1 aromatic heterocycles. The van der Waals surface area contributed by atoms with Crippen LogP contribution in [0.15, 0.2) is 71.2 Å². The fourth-order valence-corrected chi connectivity index (χ4v) is 3.24. The molecule has 2 heterocycles. The Kier molecular flexibility index (Phi) is 5.47. The fourth-order valence-electron chi connectivity index (χ4n) is 3.24. The third-order valence-electron chi connectivity index (χ3n) is 4.70. The molecule has 1 unspecified atom stereocenters. The summed E-state index contributed by atoms with van der Waals surface area (Å²) in [6.45, 7) is 1.84. The minimum atomic E-state index is -0.502. The van der Waals surface area contributed by atoms with Crippen LogP contribution in [0.3, 0.4) is 0 Å². The summed E-state index contributed by atoms with van der Waals surface area (Å²) in [7, 11) is 0. The first-order valence-corrected chi connectivity index (χ1v) is 9.46. The molecular formula is C22H22N4O2. The van der Waals surface area contributed by atoms with Gasteiger partial charge in [-0.15, -0.1) is 5.10 Å². The normalized spacial score (nSPS) is 15.1. The molecule has 28 heavy (non-hydrogen) atoms. The zero-order valence-electron chi connectivity index (χ0n) is 15.5. The van der Waals surface area contributed by atoms with Gasteiger partial charge in [-0.05, 0) is 30.0 Å². The van der Waals surface area contributed by atoms with Crippen molar-refractivity contribution < 1.29 is 9.21 Å². The second-order valence-corrected chi connectivity index (χ2v) is 6.71. The van der Waals surface area contributed by atoms with Gasteiger partial charge in [0.25, 0.3) is 0 Å². The van der Waals surface area contributed by atoms with E-state index < -0.39 is 6.04 Å². The van der Waals surface area contributed by atoms with E-state index in [1.807, 2.05) is 60.7 Å². The van der Waals surface area contributed by atoms with Gasteiger partial charge in [0.2, 0.25) is 11.8 Å². The highest BCUT2D eigenvalue weighted by Crippen LogP contribution is 2.25. The Labute approximate surface area is 163 Å². The molecule has 2 aromatic carbocycles. The number of amides is 1. The average Bonchev–Trinajstić information content (AvgIpc) is 3.44. The van der Waals surface area contributed by atoms with Gasteiger partial charge in [-0.25, -0.2) is 0 Å². The summed E-state index contributed by atoms with van der Waals surface area (Å²) in [4.78, 5) is 14.6. The molecule has 6 heteroatoms. The number of rotatable bonds is 6. The predicted octanol–water partition coefficient (Wildman–Crippen LogP) is 3.59. The Morgan fingerprint density at radius 3 is 2.39 bits per heavy atom. The van der Waals surface area contributed by atoms with Crippen molar-refractivity contribution >= 4 is 18.0 Å². The van der Waals surface area contributed by atoms with Crippen molar-refractivity contribution in [3.63, 3.8) is 0 Å². The summed E-state index contributed by atoms with van der Waals surface area (Å²) in [5.74, 6) is 0.160. The third kappa shape index (κ3) is 4.28. The topological polar surface area (TPSA) is 71.3 Å². The van der Waals surface area contributed by atoms with E-state index in [0.29, 0.717) is 11.9 Å². The van der Waals surface area contributed by atoms with Gasteiger partial charge < -0.3 is 14.6 Å². The van der Waals surface area contributed by atoms with E-state index in [0.717, 1.165) is 37.1 Å². The largest absolute Gasteiger partial charge is 0.405 e. The van der Waals surface area contributed by atoms with Crippen LogP contribution in [-0.2, 0) is 4.79 Å². The molecule has 4 rings (SSSR count). The minimum Gasteiger partial charge on any atom is -0.405 e. The first kappa shape index (κ1) is 18.0. The molecule has 142 valence electrons.